The van der Waals surface area contributed by atoms with Gasteiger partial charge in [-0.1, -0.05) is 68.8 Å². The number of carbonyl (C=O) groups is 3. The van der Waals surface area contributed by atoms with Crippen LogP contribution >= 0.6 is 0 Å². The van der Waals surface area contributed by atoms with Crippen LogP contribution in [0.1, 0.15) is 37.8 Å². The molecular formula is C26H32N4O3. The van der Waals surface area contributed by atoms with E-state index in [0.29, 0.717) is 19.3 Å². The Morgan fingerprint density at radius 2 is 1.70 bits per heavy atom. The van der Waals surface area contributed by atoms with Crippen LogP contribution in [-0.4, -0.2) is 34.8 Å². The molecule has 174 valence electrons. The summed E-state index contributed by atoms with van der Waals surface area (Å²) in [5.41, 5.74) is 8.46. The SMILES string of the molecule is CC[C@H](C)[C@H](NC(=O)[C@H](Cc1c[nH]c2ccccc12)NC(=O)CCc1ccccc1)C(N)=O. The molecule has 1 heterocycles. The summed E-state index contributed by atoms with van der Waals surface area (Å²) in [7, 11) is 0. The molecule has 0 spiro atoms. The highest BCUT2D eigenvalue weighted by atomic mass is 16.2. The second kappa shape index (κ2) is 11.3. The summed E-state index contributed by atoms with van der Waals surface area (Å²) in [4.78, 5) is 41.1. The van der Waals surface area contributed by atoms with Crippen LogP contribution in [0.2, 0.25) is 0 Å². The second-order valence-corrected chi connectivity index (χ2v) is 8.44. The van der Waals surface area contributed by atoms with Gasteiger partial charge in [0.1, 0.15) is 12.1 Å². The van der Waals surface area contributed by atoms with E-state index in [0.717, 1.165) is 22.0 Å². The zero-order valence-electron chi connectivity index (χ0n) is 19.1. The first-order valence-electron chi connectivity index (χ1n) is 11.4. The van der Waals surface area contributed by atoms with Crippen LogP contribution in [0.15, 0.2) is 60.8 Å². The number of amides is 3. The average molecular weight is 449 g/mol. The number of primary amides is 1. The Hall–Kier alpha value is -3.61. The molecule has 0 aliphatic rings. The zero-order valence-corrected chi connectivity index (χ0v) is 19.1. The van der Waals surface area contributed by atoms with Gasteiger partial charge in [-0.15, -0.1) is 0 Å². The Bertz CT molecular complexity index is 1090. The van der Waals surface area contributed by atoms with E-state index < -0.39 is 23.9 Å². The van der Waals surface area contributed by atoms with Crippen molar-refractivity contribution in [2.45, 2.75) is 51.6 Å². The summed E-state index contributed by atoms with van der Waals surface area (Å²) in [6, 6.07) is 15.9. The Morgan fingerprint density at radius 1 is 1.00 bits per heavy atom. The lowest BCUT2D eigenvalue weighted by molar-refractivity contribution is -0.132. The van der Waals surface area contributed by atoms with Gasteiger partial charge < -0.3 is 21.4 Å². The highest BCUT2D eigenvalue weighted by Crippen LogP contribution is 2.19. The van der Waals surface area contributed by atoms with Crippen molar-refractivity contribution in [1.29, 1.82) is 0 Å². The fourth-order valence-corrected chi connectivity index (χ4v) is 3.88. The van der Waals surface area contributed by atoms with Crippen LogP contribution in [0.4, 0.5) is 0 Å². The van der Waals surface area contributed by atoms with Crippen molar-refractivity contribution in [1.82, 2.24) is 15.6 Å². The predicted molar refractivity (Wildman–Crippen MR) is 129 cm³/mol. The molecular weight excluding hydrogens is 416 g/mol. The predicted octanol–water partition coefficient (Wildman–Crippen LogP) is 2.84. The van der Waals surface area contributed by atoms with Gasteiger partial charge in [0.15, 0.2) is 0 Å². The van der Waals surface area contributed by atoms with Crippen molar-refractivity contribution in [2.75, 3.05) is 0 Å². The van der Waals surface area contributed by atoms with E-state index in [9.17, 15) is 14.4 Å². The van der Waals surface area contributed by atoms with Crippen molar-refractivity contribution < 1.29 is 14.4 Å². The van der Waals surface area contributed by atoms with E-state index in [1.807, 2.05) is 74.6 Å². The van der Waals surface area contributed by atoms with Gasteiger partial charge in [-0.3, -0.25) is 14.4 Å². The molecule has 3 rings (SSSR count). The third-order valence-electron chi connectivity index (χ3n) is 6.05. The van der Waals surface area contributed by atoms with Crippen LogP contribution < -0.4 is 16.4 Å². The van der Waals surface area contributed by atoms with Gasteiger partial charge in [-0.25, -0.2) is 0 Å². The minimum Gasteiger partial charge on any atom is -0.368 e. The van der Waals surface area contributed by atoms with Gasteiger partial charge in [0.25, 0.3) is 0 Å². The monoisotopic (exact) mass is 448 g/mol. The van der Waals surface area contributed by atoms with Gasteiger partial charge in [-0.2, -0.15) is 0 Å². The molecule has 5 N–H and O–H groups in total. The lowest BCUT2D eigenvalue weighted by Gasteiger charge is -2.25. The number of aromatic nitrogens is 1. The molecule has 3 atom stereocenters. The second-order valence-electron chi connectivity index (χ2n) is 8.44. The molecule has 0 aliphatic heterocycles. The molecule has 2 aromatic carbocycles. The van der Waals surface area contributed by atoms with Crippen molar-refractivity contribution in [3.05, 3.63) is 71.9 Å². The Kier molecular flexibility index (Phi) is 8.24. The van der Waals surface area contributed by atoms with E-state index in [2.05, 4.69) is 15.6 Å². The third-order valence-corrected chi connectivity index (χ3v) is 6.05. The number of para-hydroxylation sites is 1. The smallest absolute Gasteiger partial charge is 0.243 e. The molecule has 3 aromatic rings. The van der Waals surface area contributed by atoms with Crippen LogP contribution in [0.3, 0.4) is 0 Å². The molecule has 0 saturated heterocycles. The summed E-state index contributed by atoms with van der Waals surface area (Å²) in [6.45, 7) is 3.80. The van der Waals surface area contributed by atoms with Crippen molar-refractivity contribution >= 4 is 28.6 Å². The van der Waals surface area contributed by atoms with E-state index >= 15 is 0 Å². The lowest BCUT2D eigenvalue weighted by Crippen LogP contribution is -2.55. The summed E-state index contributed by atoms with van der Waals surface area (Å²) in [5.74, 6) is -1.34. The Balaban J connectivity index is 1.76. The van der Waals surface area contributed by atoms with Crippen molar-refractivity contribution in [2.24, 2.45) is 11.7 Å². The fraction of sp³-hybridized carbons (Fsp3) is 0.346. The number of fused-ring (bicyclic) bond motifs is 1. The molecule has 0 unspecified atom stereocenters. The lowest BCUT2D eigenvalue weighted by atomic mass is 9.97. The number of carbonyl (C=O) groups excluding carboxylic acids is 3. The maximum atomic E-state index is 13.2. The number of hydrogen-bond donors (Lipinski definition) is 4. The number of aryl methyl sites for hydroxylation is 1. The molecule has 0 radical (unpaired) electrons. The Labute approximate surface area is 194 Å². The third kappa shape index (κ3) is 6.44. The van der Waals surface area contributed by atoms with Crippen LogP contribution in [0.5, 0.6) is 0 Å². The van der Waals surface area contributed by atoms with Gasteiger partial charge in [0, 0.05) is 29.9 Å². The number of benzene rings is 2. The molecule has 0 aliphatic carbocycles. The summed E-state index contributed by atoms with van der Waals surface area (Å²) >= 11 is 0. The Morgan fingerprint density at radius 3 is 2.39 bits per heavy atom. The molecule has 3 amide bonds. The average Bonchev–Trinajstić information content (AvgIpc) is 3.23. The maximum absolute atomic E-state index is 13.2. The number of rotatable bonds is 11. The first-order chi connectivity index (χ1) is 15.9. The van der Waals surface area contributed by atoms with E-state index in [4.69, 9.17) is 5.73 Å². The number of nitrogens with two attached hydrogens (primary N) is 1. The quantitative estimate of drug-likeness (QED) is 0.361. The number of aromatic amines is 1. The number of hydrogen-bond acceptors (Lipinski definition) is 3. The highest BCUT2D eigenvalue weighted by molar-refractivity contribution is 5.92. The minimum absolute atomic E-state index is 0.117. The van der Waals surface area contributed by atoms with Gasteiger partial charge in [-0.05, 0) is 29.5 Å². The van der Waals surface area contributed by atoms with E-state index in [1.165, 1.54) is 0 Å². The minimum atomic E-state index is -0.835. The molecule has 1 aromatic heterocycles. The molecule has 7 nitrogen and oxygen atoms in total. The largest absolute Gasteiger partial charge is 0.368 e. The van der Waals surface area contributed by atoms with Gasteiger partial charge in [0.2, 0.25) is 17.7 Å². The molecule has 0 fully saturated rings. The van der Waals surface area contributed by atoms with Gasteiger partial charge in [0.05, 0.1) is 0 Å². The molecule has 7 heteroatoms. The molecule has 0 bridgehead atoms. The summed E-state index contributed by atoms with van der Waals surface area (Å²) < 4.78 is 0. The molecule has 0 saturated carbocycles. The highest BCUT2D eigenvalue weighted by Gasteiger charge is 2.29. The maximum Gasteiger partial charge on any atom is 0.243 e. The first-order valence-corrected chi connectivity index (χ1v) is 11.4. The van der Waals surface area contributed by atoms with Crippen LogP contribution in [0.25, 0.3) is 10.9 Å². The van der Waals surface area contributed by atoms with Crippen molar-refractivity contribution in [3.8, 4) is 0 Å². The topological polar surface area (TPSA) is 117 Å². The van der Waals surface area contributed by atoms with E-state index in [-0.39, 0.29) is 18.2 Å². The first kappa shape index (κ1) is 24.0. The zero-order chi connectivity index (χ0) is 23.8. The summed E-state index contributed by atoms with van der Waals surface area (Å²) in [5, 5.41) is 6.63. The number of H-pyrrole nitrogens is 1. The summed E-state index contributed by atoms with van der Waals surface area (Å²) in [6.07, 6.45) is 3.65. The normalized spacial score (nSPS) is 13.8. The molecule has 33 heavy (non-hydrogen) atoms. The fourth-order valence-electron chi connectivity index (χ4n) is 3.88. The van der Waals surface area contributed by atoms with Crippen LogP contribution in [-0.2, 0) is 27.2 Å². The van der Waals surface area contributed by atoms with Crippen molar-refractivity contribution in [3.63, 3.8) is 0 Å². The number of nitrogens with one attached hydrogen (secondary N) is 3. The van der Waals surface area contributed by atoms with E-state index in [1.54, 1.807) is 0 Å². The van der Waals surface area contributed by atoms with Gasteiger partial charge >= 0.3 is 0 Å². The standard InChI is InChI=1S/C26H32N4O3/c1-3-17(2)24(25(27)32)30-26(33)22(15-19-16-28-21-12-8-7-11-20(19)21)29-23(31)14-13-18-9-5-4-6-10-18/h4-12,16-17,22,24,28H,3,13-15H2,1-2H3,(H2,27,32)(H,29,31)(H,30,33)/t17-,22-,24-/m0/s1. The van der Waals surface area contributed by atoms with Crippen LogP contribution in [0, 0.1) is 5.92 Å².